The van der Waals surface area contributed by atoms with Gasteiger partial charge in [0.25, 0.3) is 0 Å². The fourth-order valence-corrected chi connectivity index (χ4v) is 23.2. The zero-order valence-corrected chi connectivity index (χ0v) is 57.0. The van der Waals surface area contributed by atoms with Crippen LogP contribution in [0.3, 0.4) is 0 Å². The zero-order valence-electron chi connectivity index (χ0n) is 57.0. The van der Waals surface area contributed by atoms with E-state index in [2.05, 4.69) is 306 Å². The summed E-state index contributed by atoms with van der Waals surface area (Å²) in [7, 11) is 0. The van der Waals surface area contributed by atoms with E-state index in [1.807, 2.05) is 0 Å². The number of benzene rings is 12. The van der Waals surface area contributed by atoms with E-state index < -0.39 is 0 Å². The molecule has 474 valence electrons. The van der Waals surface area contributed by atoms with E-state index in [1.54, 1.807) is 0 Å². The smallest absolute Gasteiger partial charge is 0.0495 e. The minimum absolute atomic E-state index is 0.0100. The molecule has 0 saturated heterocycles. The van der Waals surface area contributed by atoms with Crippen molar-refractivity contribution < 1.29 is 0 Å². The first-order chi connectivity index (χ1) is 46.7. The predicted molar refractivity (Wildman–Crippen MR) is 404 cm³/mol. The van der Waals surface area contributed by atoms with E-state index in [9.17, 15) is 0 Å². The minimum Gasteiger partial charge on any atom is -0.335 e. The van der Waals surface area contributed by atoms with Crippen molar-refractivity contribution in [2.75, 3.05) is 19.6 Å². The summed E-state index contributed by atoms with van der Waals surface area (Å²) in [5, 5.41) is 8.06. The third-order valence-corrected chi connectivity index (χ3v) is 27.0. The van der Waals surface area contributed by atoms with Gasteiger partial charge < -0.3 is 19.6 Å². The summed E-state index contributed by atoms with van der Waals surface area (Å²) in [6.07, 6.45) is 9.60. The lowest BCUT2D eigenvalue weighted by molar-refractivity contribution is 0.414. The van der Waals surface area contributed by atoms with Crippen LogP contribution in [0, 0.1) is 23.7 Å². The Balaban J connectivity index is 0.863. The van der Waals surface area contributed by atoms with Gasteiger partial charge in [-0.1, -0.05) is 149 Å². The van der Waals surface area contributed by atoms with E-state index in [4.69, 9.17) is 0 Å². The van der Waals surface area contributed by atoms with Crippen LogP contribution in [-0.2, 0) is 0 Å². The van der Waals surface area contributed by atoms with E-state index in [-0.39, 0.29) is 22.2 Å². The Morgan fingerprint density at radius 3 is 0.698 bits per heavy atom. The van der Waals surface area contributed by atoms with Crippen LogP contribution in [0.2, 0.25) is 0 Å². The van der Waals surface area contributed by atoms with Gasteiger partial charge in [-0.05, 0) is 311 Å². The van der Waals surface area contributed by atoms with E-state index in [1.165, 1.54) is 196 Å². The molecule has 4 aliphatic heterocycles. The topological polar surface area (TPSA) is 13.0 Å². The van der Waals surface area contributed by atoms with Gasteiger partial charge in [-0.15, -0.1) is 0 Å². The van der Waals surface area contributed by atoms with Gasteiger partial charge in [-0.25, -0.2) is 0 Å². The summed E-state index contributed by atoms with van der Waals surface area (Å²) in [6.45, 7) is 20.3. The fourth-order valence-electron chi connectivity index (χ4n) is 23.2. The summed E-state index contributed by atoms with van der Waals surface area (Å²) in [5.74, 6) is 3.92. The maximum Gasteiger partial charge on any atom is 0.0495 e. The predicted octanol–water partition coefficient (Wildman–Crippen LogP) is 24.9. The van der Waals surface area contributed by atoms with Gasteiger partial charge in [0.05, 0.1) is 0 Å². The number of nitrogens with zero attached hydrogens (tertiary/aromatic N) is 4. The summed E-state index contributed by atoms with van der Waals surface area (Å²) >= 11 is 0. The zero-order chi connectivity index (χ0) is 64.5. The average molecular weight is 1250 g/mol. The molecule has 0 radical (unpaired) electrons. The summed E-state index contributed by atoms with van der Waals surface area (Å²) in [5.41, 5.74) is 27.1. The first kappa shape index (κ1) is 57.2. The molecule has 12 atom stereocenters. The molecule has 4 heteroatoms. The first-order valence-electron chi connectivity index (χ1n) is 36.5. The first-order valence-corrected chi connectivity index (χ1v) is 36.5. The highest BCUT2D eigenvalue weighted by molar-refractivity contribution is 6.32. The standard InChI is InChI=1S/C92H86N4/c1-55-41-45-89(5)85(55)75-49-59(29-37-79(75)93(89)63-21-13-9-14-22-63)71-53-72(60-30-38-80-76(50-60)86-56(2)42-46-90(86,6)94(80)64-23-15-10-16-24-64)68-35-36-70-74(62-32-40-82-78(52-62)88-58(4)44-48-92(88,8)96(82)66-27-19-12-20-28-66)54-73(69-34-33-67(71)83(68)84(69)70)61-31-39-81-77(51-61)87-57(3)43-47-91(87,7)95(81)65-25-17-11-18-26-65/h9-40,49-58,85-88H,41-48H2,1-8H3. The van der Waals surface area contributed by atoms with Crippen LogP contribution >= 0.6 is 0 Å². The van der Waals surface area contributed by atoms with Gasteiger partial charge in [0, 0.05) is 91.3 Å². The molecule has 0 bridgehead atoms. The molecule has 0 N–H and O–H groups in total. The normalized spacial score (nSPS) is 28.8. The molecule has 96 heavy (non-hydrogen) atoms. The van der Waals surface area contributed by atoms with Crippen molar-refractivity contribution in [3.05, 3.63) is 253 Å². The maximum absolute atomic E-state index is 2.72. The Kier molecular flexibility index (Phi) is 12.0. The van der Waals surface area contributed by atoms with Crippen molar-refractivity contribution in [2.45, 2.75) is 153 Å². The molecule has 12 aromatic rings. The number of hydrogen-bond acceptors (Lipinski definition) is 4. The Labute approximate surface area is 567 Å². The molecule has 0 aromatic heterocycles. The van der Waals surface area contributed by atoms with E-state index in [0.717, 1.165) is 0 Å². The van der Waals surface area contributed by atoms with Gasteiger partial charge in [-0.2, -0.15) is 0 Å². The van der Waals surface area contributed by atoms with Gasteiger partial charge in [-0.3, -0.25) is 0 Å². The van der Waals surface area contributed by atoms with Crippen molar-refractivity contribution in [1.82, 2.24) is 0 Å². The van der Waals surface area contributed by atoms with E-state index >= 15 is 0 Å². The van der Waals surface area contributed by atoms with Crippen molar-refractivity contribution in [3.8, 4) is 44.5 Å². The second-order valence-electron chi connectivity index (χ2n) is 32.2. The fraction of sp³-hybridized carbons (Fsp3) is 0.304. The lowest BCUT2D eigenvalue weighted by Crippen LogP contribution is -2.40. The van der Waals surface area contributed by atoms with Gasteiger partial charge >= 0.3 is 0 Å². The Morgan fingerprint density at radius 2 is 0.479 bits per heavy atom. The van der Waals surface area contributed by atoms with Crippen LogP contribution in [0.4, 0.5) is 45.5 Å². The molecular weight excluding hydrogens is 1160 g/mol. The molecule has 4 nitrogen and oxygen atoms in total. The van der Waals surface area contributed by atoms with Gasteiger partial charge in [0.2, 0.25) is 0 Å². The molecular formula is C92H86N4. The summed E-state index contributed by atoms with van der Waals surface area (Å²) < 4.78 is 0. The molecule has 12 unspecified atom stereocenters. The summed E-state index contributed by atoms with van der Waals surface area (Å²) in [6, 6.07) is 91.1. The highest BCUT2D eigenvalue weighted by Crippen LogP contribution is 2.67. The number of anilines is 8. The second kappa shape index (κ2) is 20.2. The highest BCUT2D eigenvalue weighted by atomic mass is 15.3. The molecule has 20 rings (SSSR count). The molecule has 4 fully saturated rings. The van der Waals surface area contributed by atoms with Gasteiger partial charge in [0.15, 0.2) is 0 Å². The Hall–Kier alpha value is -9.12. The molecule has 4 aliphatic carbocycles. The molecule has 4 heterocycles. The van der Waals surface area contributed by atoms with Gasteiger partial charge in [0.1, 0.15) is 0 Å². The monoisotopic (exact) mass is 1250 g/mol. The SMILES string of the molecule is CC1CCC2(C)C1c1cc(-c3cc(-c4ccc5c(c4)C4C(C)CCC4(C)N5c4ccccc4)c4ccc5c(-c6ccc7c(c6)C6C(C)CCC6(C)N7c6ccccc6)cc(-c6ccc7c(c6)C6C(C)CCC6(C)N7c6ccccc6)c6ccc3c4c65)ccc1N2c1ccccc1. The van der Waals surface area contributed by atoms with Crippen LogP contribution in [0.25, 0.3) is 76.8 Å². The van der Waals surface area contributed by atoms with Crippen molar-refractivity contribution in [2.24, 2.45) is 23.7 Å². The Morgan fingerprint density at radius 1 is 0.260 bits per heavy atom. The molecule has 12 aromatic carbocycles. The van der Waals surface area contributed by atoms with Crippen LogP contribution in [0.1, 0.15) is 153 Å². The number of para-hydroxylation sites is 4. The molecule has 0 amide bonds. The minimum atomic E-state index is -0.0100. The largest absolute Gasteiger partial charge is 0.335 e. The molecule has 4 saturated carbocycles. The van der Waals surface area contributed by atoms with Crippen LogP contribution in [0.15, 0.2) is 231 Å². The third kappa shape index (κ3) is 7.57. The Bertz CT molecular complexity index is 4540. The quantitative estimate of drug-likeness (QED) is 0.141. The van der Waals surface area contributed by atoms with E-state index in [0.29, 0.717) is 47.3 Å². The second-order valence-corrected chi connectivity index (χ2v) is 32.2. The van der Waals surface area contributed by atoms with Crippen molar-refractivity contribution in [3.63, 3.8) is 0 Å². The number of rotatable bonds is 8. The molecule has 8 aliphatic rings. The third-order valence-electron chi connectivity index (χ3n) is 27.0. The lowest BCUT2D eigenvalue weighted by atomic mass is 9.78. The number of fused-ring (bicyclic) bond motifs is 12. The van der Waals surface area contributed by atoms with Crippen molar-refractivity contribution >= 4 is 77.8 Å². The summed E-state index contributed by atoms with van der Waals surface area (Å²) in [4.78, 5) is 10.9. The van der Waals surface area contributed by atoms with Crippen LogP contribution in [-0.4, -0.2) is 22.2 Å². The highest BCUT2D eigenvalue weighted by Gasteiger charge is 2.58. The number of hydrogen-bond donors (Lipinski definition) is 0. The maximum atomic E-state index is 2.72. The van der Waals surface area contributed by atoms with Crippen molar-refractivity contribution in [1.29, 1.82) is 0 Å². The lowest BCUT2D eigenvalue weighted by Gasteiger charge is -2.38. The molecule has 0 spiro atoms. The average Bonchev–Trinajstić information content (AvgIpc) is 1.52. The van der Waals surface area contributed by atoms with Crippen LogP contribution < -0.4 is 19.6 Å². The van der Waals surface area contributed by atoms with Crippen LogP contribution in [0.5, 0.6) is 0 Å².